The maximum absolute atomic E-state index is 12.9. The molecule has 0 bridgehead atoms. The third kappa shape index (κ3) is 3.80. The van der Waals surface area contributed by atoms with Crippen molar-refractivity contribution in [1.82, 2.24) is 9.55 Å². The quantitative estimate of drug-likeness (QED) is 0.552. The number of carbonyl (C=O) groups is 1. The number of thiophene rings is 1. The van der Waals surface area contributed by atoms with Crippen molar-refractivity contribution in [2.45, 2.75) is 45.6 Å². The molecule has 0 saturated carbocycles. The molecule has 4 rings (SSSR count). The van der Waals surface area contributed by atoms with Gasteiger partial charge in [-0.1, -0.05) is 6.07 Å². The second kappa shape index (κ2) is 7.71. The Balaban J connectivity index is 1.50. The van der Waals surface area contributed by atoms with E-state index < -0.39 is 0 Å². The number of fused-ring (bicyclic) bond motifs is 3. The fourth-order valence-corrected chi connectivity index (χ4v) is 5.19. The fourth-order valence-electron chi connectivity index (χ4n) is 3.46. The summed E-state index contributed by atoms with van der Waals surface area (Å²) < 4.78 is 2.68. The Morgan fingerprint density at radius 2 is 2.15 bits per heavy atom. The Kier molecular flexibility index (Phi) is 5.32. The Morgan fingerprint density at radius 3 is 2.96 bits per heavy atom. The first-order valence-corrected chi connectivity index (χ1v) is 11.0. The van der Waals surface area contributed by atoms with E-state index in [2.05, 4.69) is 32.9 Å². The molecule has 2 aromatic heterocycles. The summed E-state index contributed by atoms with van der Waals surface area (Å²) in [6.07, 6.45) is 6.14. The number of carbonyl (C=O) groups excluding carboxylic acids is 1. The SMILES string of the molecule is Cc1ccc(NC(=O)CCn2cnc3sc4c(c3c2=O)CCCC4)cc1I. The lowest BCUT2D eigenvalue weighted by molar-refractivity contribution is -0.116. The van der Waals surface area contributed by atoms with Gasteiger partial charge < -0.3 is 5.32 Å². The van der Waals surface area contributed by atoms with Gasteiger partial charge in [0, 0.05) is 27.1 Å². The van der Waals surface area contributed by atoms with Crippen molar-refractivity contribution in [1.29, 1.82) is 0 Å². The molecule has 0 atom stereocenters. The highest BCUT2D eigenvalue weighted by molar-refractivity contribution is 14.1. The molecule has 1 aliphatic rings. The maximum atomic E-state index is 12.9. The van der Waals surface area contributed by atoms with E-state index >= 15 is 0 Å². The topological polar surface area (TPSA) is 64.0 Å². The van der Waals surface area contributed by atoms with Crippen LogP contribution in [-0.2, 0) is 24.2 Å². The number of rotatable bonds is 4. The minimum atomic E-state index is -0.103. The summed E-state index contributed by atoms with van der Waals surface area (Å²) in [5.74, 6) is -0.103. The van der Waals surface area contributed by atoms with Crippen LogP contribution in [0.25, 0.3) is 10.2 Å². The van der Waals surface area contributed by atoms with Crippen LogP contribution in [0.15, 0.2) is 29.3 Å². The van der Waals surface area contributed by atoms with Gasteiger partial charge in [0.1, 0.15) is 4.83 Å². The van der Waals surface area contributed by atoms with Gasteiger partial charge in [-0.3, -0.25) is 14.2 Å². The third-order valence-electron chi connectivity index (χ3n) is 4.98. The molecule has 0 saturated heterocycles. The van der Waals surface area contributed by atoms with Crippen molar-refractivity contribution in [2.75, 3.05) is 5.32 Å². The molecule has 140 valence electrons. The number of nitrogens with one attached hydrogen (secondary N) is 1. The van der Waals surface area contributed by atoms with Crippen LogP contribution in [0.3, 0.4) is 0 Å². The van der Waals surface area contributed by atoms with E-state index in [1.54, 1.807) is 22.2 Å². The number of anilines is 1. The summed E-state index contributed by atoms with van der Waals surface area (Å²) in [5, 5.41) is 3.67. The van der Waals surface area contributed by atoms with Gasteiger partial charge in [-0.25, -0.2) is 4.98 Å². The number of nitrogens with zero attached hydrogens (tertiary/aromatic N) is 2. The second-order valence-electron chi connectivity index (χ2n) is 6.90. The van der Waals surface area contributed by atoms with Crippen molar-refractivity contribution in [2.24, 2.45) is 0 Å². The first-order chi connectivity index (χ1) is 13.0. The van der Waals surface area contributed by atoms with Crippen molar-refractivity contribution in [3.05, 3.63) is 54.5 Å². The number of amides is 1. The average Bonchev–Trinajstić information content (AvgIpc) is 3.03. The molecule has 27 heavy (non-hydrogen) atoms. The van der Waals surface area contributed by atoms with Gasteiger partial charge in [-0.15, -0.1) is 11.3 Å². The normalized spacial score (nSPS) is 13.6. The van der Waals surface area contributed by atoms with E-state index in [1.807, 2.05) is 25.1 Å². The van der Waals surface area contributed by atoms with Crippen LogP contribution in [0.5, 0.6) is 0 Å². The summed E-state index contributed by atoms with van der Waals surface area (Å²) in [6, 6.07) is 5.83. The highest BCUT2D eigenvalue weighted by atomic mass is 127. The minimum absolute atomic E-state index is 0.0166. The monoisotopic (exact) mass is 493 g/mol. The Bertz CT molecular complexity index is 1090. The zero-order chi connectivity index (χ0) is 19.0. The first-order valence-electron chi connectivity index (χ1n) is 9.08. The summed E-state index contributed by atoms with van der Waals surface area (Å²) in [6.45, 7) is 2.37. The van der Waals surface area contributed by atoms with Crippen LogP contribution >= 0.6 is 33.9 Å². The molecular weight excluding hydrogens is 473 g/mol. The van der Waals surface area contributed by atoms with Gasteiger partial charge in [-0.05, 0) is 78.5 Å². The van der Waals surface area contributed by atoms with Crippen LogP contribution < -0.4 is 10.9 Å². The molecule has 1 amide bonds. The molecule has 0 spiro atoms. The smallest absolute Gasteiger partial charge is 0.262 e. The molecule has 3 aromatic rings. The summed E-state index contributed by atoms with van der Waals surface area (Å²) in [5.41, 5.74) is 3.13. The molecule has 0 fully saturated rings. The second-order valence-corrected chi connectivity index (χ2v) is 9.14. The minimum Gasteiger partial charge on any atom is -0.326 e. The molecule has 1 N–H and O–H groups in total. The fraction of sp³-hybridized carbons (Fsp3) is 0.350. The lowest BCUT2D eigenvalue weighted by Crippen LogP contribution is -2.24. The van der Waals surface area contributed by atoms with E-state index in [4.69, 9.17) is 0 Å². The van der Waals surface area contributed by atoms with Crippen LogP contribution in [0.2, 0.25) is 0 Å². The average molecular weight is 493 g/mol. The number of benzene rings is 1. The molecule has 7 heteroatoms. The molecule has 1 aromatic carbocycles. The Morgan fingerprint density at radius 1 is 1.33 bits per heavy atom. The first kappa shape index (κ1) is 18.6. The van der Waals surface area contributed by atoms with Crippen LogP contribution in [0.1, 0.15) is 35.3 Å². The lowest BCUT2D eigenvalue weighted by atomic mass is 9.97. The molecule has 1 aliphatic carbocycles. The van der Waals surface area contributed by atoms with Gasteiger partial charge in [-0.2, -0.15) is 0 Å². The number of aromatic nitrogens is 2. The van der Waals surface area contributed by atoms with Gasteiger partial charge in [0.2, 0.25) is 5.91 Å². The van der Waals surface area contributed by atoms with Crippen LogP contribution in [0.4, 0.5) is 5.69 Å². The van der Waals surface area contributed by atoms with Gasteiger partial charge in [0.05, 0.1) is 11.7 Å². The summed E-state index contributed by atoms with van der Waals surface area (Å²) in [4.78, 5) is 31.8. The highest BCUT2D eigenvalue weighted by Gasteiger charge is 2.20. The summed E-state index contributed by atoms with van der Waals surface area (Å²) >= 11 is 3.90. The van der Waals surface area contributed by atoms with Crippen LogP contribution in [-0.4, -0.2) is 15.5 Å². The predicted octanol–water partition coefficient (Wildman–Crippen LogP) is 4.28. The van der Waals surface area contributed by atoms with Crippen molar-refractivity contribution >= 4 is 55.7 Å². The Labute approximate surface area is 175 Å². The largest absolute Gasteiger partial charge is 0.326 e. The molecular formula is C20H20IN3O2S. The standard InChI is InChI=1S/C20H20IN3O2S/c1-12-6-7-13(10-15(12)21)23-17(25)8-9-24-11-22-19-18(20(24)26)14-4-2-3-5-16(14)27-19/h6-7,10-11H,2-5,8-9H2,1H3,(H,23,25). The van der Waals surface area contributed by atoms with E-state index in [0.29, 0.717) is 6.54 Å². The number of hydrogen-bond donors (Lipinski definition) is 1. The molecule has 2 heterocycles. The Hall–Kier alpha value is -1.74. The van der Waals surface area contributed by atoms with E-state index in [-0.39, 0.29) is 17.9 Å². The van der Waals surface area contributed by atoms with Crippen molar-refractivity contribution in [3.8, 4) is 0 Å². The van der Waals surface area contributed by atoms with Crippen molar-refractivity contribution in [3.63, 3.8) is 0 Å². The van der Waals surface area contributed by atoms with Crippen molar-refractivity contribution < 1.29 is 4.79 Å². The molecule has 5 nitrogen and oxygen atoms in total. The lowest BCUT2D eigenvalue weighted by Gasteiger charge is -2.11. The zero-order valence-electron chi connectivity index (χ0n) is 15.0. The van der Waals surface area contributed by atoms with Gasteiger partial charge >= 0.3 is 0 Å². The predicted molar refractivity (Wildman–Crippen MR) is 118 cm³/mol. The van der Waals surface area contributed by atoms with E-state index in [9.17, 15) is 9.59 Å². The molecule has 0 unspecified atom stereocenters. The molecule has 0 radical (unpaired) electrons. The number of hydrogen-bond acceptors (Lipinski definition) is 4. The number of aryl methyl sites for hydroxylation is 4. The van der Waals surface area contributed by atoms with Gasteiger partial charge in [0.15, 0.2) is 0 Å². The van der Waals surface area contributed by atoms with Crippen LogP contribution in [0, 0.1) is 10.5 Å². The third-order valence-corrected chi connectivity index (χ3v) is 7.34. The number of halogens is 1. The molecule has 0 aliphatic heterocycles. The maximum Gasteiger partial charge on any atom is 0.262 e. The van der Waals surface area contributed by atoms with E-state index in [0.717, 1.165) is 38.7 Å². The van der Waals surface area contributed by atoms with Gasteiger partial charge in [0.25, 0.3) is 5.56 Å². The highest BCUT2D eigenvalue weighted by Crippen LogP contribution is 2.33. The zero-order valence-corrected chi connectivity index (χ0v) is 18.0. The summed E-state index contributed by atoms with van der Waals surface area (Å²) in [7, 11) is 0. The van der Waals surface area contributed by atoms with E-state index in [1.165, 1.54) is 22.4 Å².